The number of nitrogens with zero attached hydrogens (tertiary/aromatic N) is 2. The molecular weight excluding hydrogens is 254 g/mol. The molecule has 0 bridgehead atoms. The largest absolute Gasteiger partial charge is 0.493 e. The van der Waals surface area contributed by atoms with Gasteiger partial charge in [0.1, 0.15) is 0 Å². The quantitative estimate of drug-likeness (QED) is 0.869. The molecule has 0 saturated carbocycles. The summed E-state index contributed by atoms with van der Waals surface area (Å²) in [6.07, 6.45) is 3.46. The number of hydrogen-bond donors (Lipinski definition) is 1. The predicted octanol–water partition coefficient (Wildman–Crippen LogP) is 1.55. The van der Waals surface area contributed by atoms with Gasteiger partial charge in [0.2, 0.25) is 0 Å². The number of ether oxygens (including phenoxy) is 2. The summed E-state index contributed by atoms with van der Waals surface area (Å²) < 4.78 is 12.3. The van der Waals surface area contributed by atoms with Gasteiger partial charge in [0, 0.05) is 25.7 Å². The molecule has 0 aliphatic heterocycles. The highest BCUT2D eigenvalue weighted by molar-refractivity contribution is 5.43. The molecule has 2 rings (SSSR count). The smallest absolute Gasteiger partial charge is 0.160 e. The number of nitrogens with two attached hydrogens (primary N) is 1. The molecule has 1 atom stereocenters. The maximum absolute atomic E-state index is 6.19. The Bertz CT molecular complexity index is 566. The highest BCUT2D eigenvalue weighted by Crippen LogP contribution is 2.28. The summed E-state index contributed by atoms with van der Waals surface area (Å²) in [5.74, 6) is 1.46. The zero-order valence-corrected chi connectivity index (χ0v) is 12.2. The molecule has 1 unspecified atom stereocenters. The molecule has 5 heteroatoms. The summed E-state index contributed by atoms with van der Waals surface area (Å²) >= 11 is 0. The first-order valence-electron chi connectivity index (χ1n) is 6.57. The summed E-state index contributed by atoms with van der Waals surface area (Å²) in [6.45, 7) is 0. The fraction of sp³-hybridized carbons (Fsp3) is 0.400. The molecule has 0 saturated heterocycles. The van der Waals surface area contributed by atoms with Crippen molar-refractivity contribution in [2.75, 3.05) is 14.2 Å². The number of benzene rings is 1. The Morgan fingerprint density at radius 3 is 2.50 bits per heavy atom. The number of methoxy groups -OCH3 is 2. The van der Waals surface area contributed by atoms with Gasteiger partial charge in [-0.1, -0.05) is 6.07 Å². The average molecular weight is 275 g/mol. The normalized spacial score (nSPS) is 12.2. The Kier molecular flexibility index (Phi) is 4.63. The summed E-state index contributed by atoms with van der Waals surface area (Å²) in [7, 11) is 5.17. The van der Waals surface area contributed by atoms with Crippen molar-refractivity contribution in [3.8, 4) is 11.5 Å². The standard InChI is InChI=1S/C15H21N3O2/c1-18-7-6-13(17-18)10-12(16)8-11-4-5-14(19-2)15(9-11)20-3/h4-7,9,12H,8,10,16H2,1-3H3. The van der Waals surface area contributed by atoms with Gasteiger partial charge in [-0.05, 0) is 30.2 Å². The summed E-state index contributed by atoms with van der Waals surface area (Å²) in [5, 5.41) is 4.35. The molecule has 0 spiro atoms. The van der Waals surface area contributed by atoms with Crippen LogP contribution in [0.25, 0.3) is 0 Å². The zero-order chi connectivity index (χ0) is 14.5. The summed E-state index contributed by atoms with van der Waals surface area (Å²) in [5.41, 5.74) is 8.33. The molecule has 0 radical (unpaired) electrons. The number of aromatic nitrogens is 2. The van der Waals surface area contributed by atoms with E-state index in [0.29, 0.717) is 0 Å². The molecule has 0 fully saturated rings. The van der Waals surface area contributed by atoms with E-state index in [4.69, 9.17) is 15.2 Å². The topological polar surface area (TPSA) is 62.3 Å². The predicted molar refractivity (Wildman–Crippen MR) is 78.1 cm³/mol. The van der Waals surface area contributed by atoms with Crippen LogP contribution in [0.1, 0.15) is 11.3 Å². The van der Waals surface area contributed by atoms with Gasteiger partial charge in [-0.2, -0.15) is 5.10 Å². The van der Waals surface area contributed by atoms with E-state index >= 15 is 0 Å². The lowest BCUT2D eigenvalue weighted by atomic mass is 10.0. The molecule has 1 aromatic carbocycles. The van der Waals surface area contributed by atoms with Crippen LogP contribution in [0.2, 0.25) is 0 Å². The molecule has 108 valence electrons. The van der Waals surface area contributed by atoms with Crippen LogP contribution in [0.3, 0.4) is 0 Å². The van der Waals surface area contributed by atoms with Crippen molar-refractivity contribution in [1.82, 2.24) is 9.78 Å². The van der Waals surface area contributed by atoms with Crippen LogP contribution in [0.4, 0.5) is 0 Å². The van der Waals surface area contributed by atoms with E-state index < -0.39 is 0 Å². The maximum atomic E-state index is 6.19. The van der Waals surface area contributed by atoms with Crippen LogP contribution in [0.5, 0.6) is 11.5 Å². The SMILES string of the molecule is COc1ccc(CC(N)Cc2ccn(C)n2)cc1OC. The van der Waals surface area contributed by atoms with E-state index in [9.17, 15) is 0 Å². The third-order valence-electron chi connectivity index (χ3n) is 3.19. The van der Waals surface area contributed by atoms with Gasteiger partial charge in [-0.15, -0.1) is 0 Å². The van der Waals surface area contributed by atoms with Crippen molar-refractivity contribution in [3.63, 3.8) is 0 Å². The number of hydrogen-bond acceptors (Lipinski definition) is 4. The average Bonchev–Trinajstić information content (AvgIpc) is 2.83. The van der Waals surface area contributed by atoms with Crippen LogP contribution in [-0.2, 0) is 19.9 Å². The van der Waals surface area contributed by atoms with Gasteiger partial charge in [-0.3, -0.25) is 4.68 Å². The van der Waals surface area contributed by atoms with Crippen molar-refractivity contribution in [3.05, 3.63) is 41.7 Å². The molecule has 1 heterocycles. The fourth-order valence-electron chi connectivity index (χ4n) is 2.22. The third-order valence-corrected chi connectivity index (χ3v) is 3.19. The molecule has 0 amide bonds. The molecule has 20 heavy (non-hydrogen) atoms. The van der Waals surface area contributed by atoms with Crippen molar-refractivity contribution in [2.45, 2.75) is 18.9 Å². The molecule has 0 aliphatic rings. The van der Waals surface area contributed by atoms with Crippen LogP contribution in [0.15, 0.2) is 30.5 Å². The first-order valence-corrected chi connectivity index (χ1v) is 6.57. The molecule has 2 N–H and O–H groups in total. The summed E-state index contributed by atoms with van der Waals surface area (Å²) in [4.78, 5) is 0. The van der Waals surface area contributed by atoms with E-state index in [1.165, 1.54) is 0 Å². The minimum atomic E-state index is 0.0306. The monoisotopic (exact) mass is 275 g/mol. The van der Waals surface area contributed by atoms with Crippen LogP contribution >= 0.6 is 0 Å². The summed E-state index contributed by atoms with van der Waals surface area (Å²) in [6, 6.07) is 7.91. The lowest BCUT2D eigenvalue weighted by Gasteiger charge is -2.13. The minimum absolute atomic E-state index is 0.0306. The van der Waals surface area contributed by atoms with E-state index in [1.807, 2.05) is 37.5 Å². The highest BCUT2D eigenvalue weighted by Gasteiger charge is 2.10. The van der Waals surface area contributed by atoms with Crippen LogP contribution < -0.4 is 15.2 Å². The van der Waals surface area contributed by atoms with Crippen LogP contribution in [0, 0.1) is 0 Å². The Labute approximate surface area is 119 Å². The van der Waals surface area contributed by atoms with Crippen molar-refractivity contribution >= 4 is 0 Å². The third kappa shape index (κ3) is 3.51. The molecule has 2 aromatic rings. The molecule has 5 nitrogen and oxygen atoms in total. The fourth-order valence-corrected chi connectivity index (χ4v) is 2.22. The Morgan fingerprint density at radius 1 is 1.15 bits per heavy atom. The van der Waals surface area contributed by atoms with E-state index in [-0.39, 0.29) is 6.04 Å². The number of rotatable bonds is 6. The second-order valence-electron chi connectivity index (χ2n) is 4.84. The van der Waals surface area contributed by atoms with Gasteiger partial charge in [0.15, 0.2) is 11.5 Å². The van der Waals surface area contributed by atoms with Crippen LogP contribution in [-0.4, -0.2) is 30.0 Å². The molecule has 1 aromatic heterocycles. The van der Waals surface area contributed by atoms with E-state index in [2.05, 4.69) is 5.10 Å². The van der Waals surface area contributed by atoms with Crippen molar-refractivity contribution in [2.24, 2.45) is 12.8 Å². The Morgan fingerprint density at radius 2 is 1.90 bits per heavy atom. The van der Waals surface area contributed by atoms with Gasteiger partial charge in [0.05, 0.1) is 19.9 Å². The second-order valence-corrected chi connectivity index (χ2v) is 4.84. The maximum Gasteiger partial charge on any atom is 0.160 e. The lowest BCUT2D eigenvalue weighted by molar-refractivity contribution is 0.354. The van der Waals surface area contributed by atoms with Gasteiger partial charge >= 0.3 is 0 Å². The van der Waals surface area contributed by atoms with Gasteiger partial charge < -0.3 is 15.2 Å². The van der Waals surface area contributed by atoms with E-state index in [0.717, 1.165) is 35.6 Å². The first kappa shape index (κ1) is 14.4. The van der Waals surface area contributed by atoms with Gasteiger partial charge in [-0.25, -0.2) is 0 Å². The number of aryl methyl sites for hydroxylation is 1. The Hall–Kier alpha value is -2.01. The second kappa shape index (κ2) is 6.43. The first-order chi connectivity index (χ1) is 9.62. The highest BCUT2D eigenvalue weighted by atomic mass is 16.5. The van der Waals surface area contributed by atoms with Crippen molar-refractivity contribution in [1.29, 1.82) is 0 Å². The van der Waals surface area contributed by atoms with Crippen molar-refractivity contribution < 1.29 is 9.47 Å². The molecule has 0 aliphatic carbocycles. The Balaban J connectivity index is 2.02. The molecular formula is C15H21N3O2. The minimum Gasteiger partial charge on any atom is -0.493 e. The van der Waals surface area contributed by atoms with Gasteiger partial charge in [0.25, 0.3) is 0 Å². The lowest BCUT2D eigenvalue weighted by Crippen LogP contribution is -2.25. The van der Waals surface area contributed by atoms with E-state index in [1.54, 1.807) is 18.9 Å². The zero-order valence-electron chi connectivity index (χ0n) is 12.2.